The minimum Gasteiger partial charge on any atom is -0.494 e. The van der Waals surface area contributed by atoms with Crippen LogP contribution in [0.1, 0.15) is 31.1 Å². The average Bonchev–Trinajstić information content (AvgIpc) is 2.56. The second kappa shape index (κ2) is 8.68. The molecule has 130 valence electrons. The zero-order valence-electron chi connectivity index (χ0n) is 14.6. The van der Waals surface area contributed by atoms with Crippen LogP contribution in [0, 0.1) is 0 Å². The molecular formula is C20H22N2O3. The van der Waals surface area contributed by atoms with Crippen LogP contribution in [-0.4, -0.2) is 18.4 Å². The molecule has 5 nitrogen and oxygen atoms in total. The highest BCUT2D eigenvalue weighted by Gasteiger charge is 2.07. The number of carbonyl (C=O) groups is 2. The Morgan fingerprint density at radius 3 is 2.04 bits per heavy atom. The molecule has 0 unspecified atom stereocenters. The van der Waals surface area contributed by atoms with E-state index in [9.17, 15) is 9.59 Å². The van der Waals surface area contributed by atoms with Gasteiger partial charge in [0.2, 0.25) is 5.91 Å². The van der Waals surface area contributed by atoms with Crippen molar-refractivity contribution in [1.82, 2.24) is 0 Å². The maximum atomic E-state index is 12.3. The van der Waals surface area contributed by atoms with Crippen molar-refractivity contribution in [2.45, 2.75) is 20.8 Å². The van der Waals surface area contributed by atoms with Crippen LogP contribution in [0.2, 0.25) is 0 Å². The van der Waals surface area contributed by atoms with Gasteiger partial charge in [-0.2, -0.15) is 0 Å². The van der Waals surface area contributed by atoms with Crippen LogP contribution in [0.4, 0.5) is 11.4 Å². The maximum Gasteiger partial charge on any atom is 0.255 e. The molecule has 0 atom stereocenters. The van der Waals surface area contributed by atoms with Crippen LogP contribution in [0.5, 0.6) is 5.75 Å². The van der Waals surface area contributed by atoms with Crippen LogP contribution >= 0.6 is 0 Å². The summed E-state index contributed by atoms with van der Waals surface area (Å²) in [5.74, 6) is 0.356. The van der Waals surface area contributed by atoms with E-state index in [-0.39, 0.29) is 11.8 Å². The largest absolute Gasteiger partial charge is 0.494 e. The number of amides is 2. The van der Waals surface area contributed by atoms with Crippen LogP contribution in [0.25, 0.3) is 0 Å². The predicted molar refractivity (Wildman–Crippen MR) is 100 cm³/mol. The van der Waals surface area contributed by atoms with Crippen LogP contribution in [-0.2, 0) is 4.79 Å². The molecule has 2 aromatic rings. The first kappa shape index (κ1) is 18.3. The Labute approximate surface area is 147 Å². The van der Waals surface area contributed by atoms with Crippen LogP contribution < -0.4 is 15.4 Å². The molecule has 0 aliphatic rings. The van der Waals surface area contributed by atoms with Gasteiger partial charge in [-0.05, 0) is 69.3 Å². The van der Waals surface area contributed by atoms with Crippen molar-refractivity contribution >= 4 is 23.2 Å². The van der Waals surface area contributed by atoms with E-state index in [4.69, 9.17) is 4.74 Å². The molecule has 0 aliphatic heterocycles. The van der Waals surface area contributed by atoms with Gasteiger partial charge in [0.15, 0.2) is 0 Å². The van der Waals surface area contributed by atoms with Gasteiger partial charge in [0, 0.05) is 23.0 Å². The zero-order valence-corrected chi connectivity index (χ0v) is 14.6. The van der Waals surface area contributed by atoms with Crippen molar-refractivity contribution in [3.63, 3.8) is 0 Å². The monoisotopic (exact) mass is 338 g/mol. The molecular weight excluding hydrogens is 316 g/mol. The molecule has 5 heteroatoms. The van der Waals surface area contributed by atoms with Gasteiger partial charge in [-0.25, -0.2) is 0 Å². The van der Waals surface area contributed by atoms with Crippen molar-refractivity contribution in [3.05, 3.63) is 65.7 Å². The number of carbonyl (C=O) groups excluding carboxylic acids is 2. The van der Waals surface area contributed by atoms with Gasteiger partial charge < -0.3 is 15.4 Å². The molecule has 0 bridgehead atoms. The highest BCUT2D eigenvalue weighted by molar-refractivity contribution is 6.05. The zero-order chi connectivity index (χ0) is 18.2. The number of allylic oxidation sites excluding steroid dienone is 1. The Kier molecular flexibility index (Phi) is 6.34. The summed E-state index contributed by atoms with van der Waals surface area (Å²) >= 11 is 0. The van der Waals surface area contributed by atoms with Crippen molar-refractivity contribution < 1.29 is 14.3 Å². The lowest BCUT2D eigenvalue weighted by atomic mass is 10.2. The summed E-state index contributed by atoms with van der Waals surface area (Å²) in [6.45, 7) is 6.23. The molecule has 0 aliphatic carbocycles. The summed E-state index contributed by atoms with van der Waals surface area (Å²) in [6, 6.07) is 13.9. The smallest absolute Gasteiger partial charge is 0.255 e. The minimum atomic E-state index is -0.216. The minimum absolute atomic E-state index is 0.188. The van der Waals surface area contributed by atoms with E-state index in [0.717, 1.165) is 11.3 Å². The predicted octanol–water partition coefficient (Wildman–Crippen LogP) is 4.24. The Bertz CT molecular complexity index is 759. The van der Waals surface area contributed by atoms with Gasteiger partial charge in [-0.1, -0.05) is 5.57 Å². The number of hydrogen-bond donors (Lipinski definition) is 2. The fourth-order valence-electron chi connectivity index (χ4n) is 2.15. The third-order valence-electron chi connectivity index (χ3n) is 3.26. The average molecular weight is 338 g/mol. The van der Waals surface area contributed by atoms with E-state index in [1.807, 2.05) is 20.8 Å². The number of ether oxygens (including phenoxy) is 1. The first-order valence-electron chi connectivity index (χ1n) is 8.08. The third-order valence-corrected chi connectivity index (χ3v) is 3.26. The molecule has 0 aromatic heterocycles. The first-order chi connectivity index (χ1) is 12.0. The summed E-state index contributed by atoms with van der Waals surface area (Å²) in [4.78, 5) is 23.9. The summed E-state index contributed by atoms with van der Waals surface area (Å²) in [7, 11) is 0. The molecule has 0 spiro atoms. The second-order valence-corrected chi connectivity index (χ2v) is 5.70. The van der Waals surface area contributed by atoms with Gasteiger partial charge in [0.1, 0.15) is 5.75 Å². The lowest BCUT2D eigenvalue weighted by molar-refractivity contribution is -0.111. The summed E-state index contributed by atoms with van der Waals surface area (Å²) in [5, 5.41) is 5.57. The standard InChI is InChI=1S/C20H22N2O3/c1-4-25-18-11-9-17(10-12-18)22-20(24)15-5-7-16(8-6-15)21-19(23)13-14(2)3/h5-13H,4H2,1-3H3,(H,21,23)(H,22,24). The van der Waals surface area contributed by atoms with E-state index >= 15 is 0 Å². The Morgan fingerprint density at radius 1 is 0.920 bits per heavy atom. The van der Waals surface area contributed by atoms with E-state index in [2.05, 4.69) is 10.6 Å². The quantitative estimate of drug-likeness (QED) is 0.774. The summed E-state index contributed by atoms with van der Waals surface area (Å²) in [6.07, 6.45) is 1.52. The number of hydrogen-bond acceptors (Lipinski definition) is 3. The van der Waals surface area contributed by atoms with Crippen molar-refractivity contribution in [3.8, 4) is 5.75 Å². The van der Waals surface area contributed by atoms with Crippen molar-refractivity contribution in [2.75, 3.05) is 17.2 Å². The van der Waals surface area contributed by atoms with Crippen LogP contribution in [0.15, 0.2) is 60.2 Å². The topological polar surface area (TPSA) is 67.4 Å². The van der Waals surface area contributed by atoms with Gasteiger partial charge in [0.25, 0.3) is 5.91 Å². The van der Waals surface area contributed by atoms with E-state index in [0.29, 0.717) is 23.5 Å². The SMILES string of the molecule is CCOc1ccc(NC(=O)c2ccc(NC(=O)C=C(C)C)cc2)cc1. The van der Waals surface area contributed by atoms with Gasteiger partial charge in [0.05, 0.1) is 6.61 Å². The molecule has 2 N–H and O–H groups in total. The molecule has 0 heterocycles. The number of rotatable bonds is 6. The molecule has 0 radical (unpaired) electrons. The molecule has 2 rings (SSSR count). The number of anilines is 2. The Morgan fingerprint density at radius 2 is 1.48 bits per heavy atom. The fraction of sp³-hybridized carbons (Fsp3) is 0.200. The number of nitrogens with one attached hydrogen (secondary N) is 2. The molecule has 0 saturated heterocycles. The number of benzene rings is 2. The van der Waals surface area contributed by atoms with E-state index in [1.165, 1.54) is 6.08 Å². The molecule has 2 amide bonds. The lowest BCUT2D eigenvalue weighted by Gasteiger charge is -2.08. The normalized spacial score (nSPS) is 9.88. The van der Waals surface area contributed by atoms with Gasteiger partial charge in [-0.3, -0.25) is 9.59 Å². The first-order valence-corrected chi connectivity index (χ1v) is 8.08. The van der Waals surface area contributed by atoms with Gasteiger partial charge in [-0.15, -0.1) is 0 Å². The molecule has 2 aromatic carbocycles. The van der Waals surface area contributed by atoms with Gasteiger partial charge >= 0.3 is 0 Å². The highest BCUT2D eigenvalue weighted by atomic mass is 16.5. The molecule has 0 saturated carbocycles. The molecule has 0 fully saturated rings. The summed E-state index contributed by atoms with van der Waals surface area (Å²) in [5.41, 5.74) is 2.76. The Hall–Kier alpha value is -3.08. The molecule has 25 heavy (non-hydrogen) atoms. The summed E-state index contributed by atoms with van der Waals surface area (Å²) < 4.78 is 5.37. The van der Waals surface area contributed by atoms with E-state index in [1.54, 1.807) is 48.5 Å². The Balaban J connectivity index is 1.98. The fourth-order valence-corrected chi connectivity index (χ4v) is 2.15. The van der Waals surface area contributed by atoms with Crippen molar-refractivity contribution in [2.24, 2.45) is 0 Å². The maximum absolute atomic E-state index is 12.3. The lowest BCUT2D eigenvalue weighted by Crippen LogP contribution is -2.12. The second-order valence-electron chi connectivity index (χ2n) is 5.70. The van der Waals surface area contributed by atoms with Crippen LogP contribution in [0.3, 0.4) is 0 Å². The van der Waals surface area contributed by atoms with Crippen molar-refractivity contribution in [1.29, 1.82) is 0 Å². The third kappa shape index (κ3) is 5.80. The highest BCUT2D eigenvalue weighted by Crippen LogP contribution is 2.17. The van der Waals surface area contributed by atoms with E-state index < -0.39 is 0 Å².